The fraction of sp³-hybridized carbons (Fsp3) is 0.450. The first-order valence-electron chi connectivity index (χ1n) is 9.16. The molecule has 1 aliphatic rings. The molecule has 7 nitrogen and oxygen atoms in total. The Hall–Kier alpha value is -2.67. The number of rotatable bonds is 6. The maximum Gasteiger partial charge on any atom is 0.286 e. The molecule has 1 fully saturated rings. The number of nitrogens with one attached hydrogen (secondary N) is 1. The van der Waals surface area contributed by atoms with Crippen LogP contribution < -0.4 is 20.7 Å². The van der Waals surface area contributed by atoms with E-state index in [1.54, 1.807) is 7.11 Å². The largest absolute Gasteiger partial charge is 0.496 e. The average molecular weight is 369 g/mol. The molecule has 0 radical (unpaired) electrons. The summed E-state index contributed by atoms with van der Waals surface area (Å²) in [4.78, 5) is 22.3. The minimum atomic E-state index is -0.596. The number of carbonyl (C=O) groups is 1. The lowest BCUT2D eigenvalue weighted by atomic mass is 10.1. The molecule has 1 aliphatic heterocycles. The predicted octanol–water partition coefficient (Wildman–Crippen LogP) is 1.88. The minimum Gasteiger partial charge on any atom is -0.496 e. The van der Waals surface area contributed by atoms with Crippen LogP contribution in [0.15, 0.2) is 18.2 Å². The molecule has 1 amide bonds. The number of aromatic nitrogens is 2. The maximum atomic E-state index is 11.5. The van der Waals surface area contributed by atoms with E-state index in [4.69, 9.17) is 10.5 Å². The Balaban J connectivity index is 1.66. The number of benzene rings is 1. The number of carbonyl (C=O) groups excluding carboxylic acids is 1. The van der Waals surface area contributed by atoms with Gasteiger partial charge in [0.05, 0.1) is 7.11 Å². The number of aryl methyl sites for hydroxylation is 2. The van der Waals surface area contributed by atoms with Gasteiger partial charge >= 0.3 is 0 Å². The third-order valence-corrected chi connectivity index (χ3v) is 5.14. The SMILES string of the molecule is COc1cc(CN[C@@H]2CCN(c3nc(C(N)=O)nc(C)c3C)C2)ccc1C. The third kappa shape index (κ3) is 4.19. The summed E-state index contributed by atoms with van der Waals surface area (Å²) in [5.41, 5.74) is 9.48. The Bertz CT molecular complexity index is 853. The zero-order chi connectivity index (χ0) is 19.6. The minimum absolute atomic E-state index is 0.0799. The zero-order valence-corrected chi connectivity index (χ0v) is 16.4. The van der Waals surface area contributed by atoms with Gasteiger partial charge in [-0.2, -0.15) is 0 Å². The second kappa shape index (κ2) is 7.92. The lowest BCUT2D eigenvalue weighted by molar-refractivity contribution is 0.0990. The Labute approximate surface area is 159 Å². The van der Waals surface area contributed by atoms with Gasteiger partial charge in [0.2, 0.25) is 5.82 Å². The van der Waals surface area contributed by atoms with Crippen LogP contribution in [0.3, 0.4) is 0 Å². The second-order valence-corrected chi connectivity index (χ2v) is 7.06. The Kier molecular flexibility index (Phi) is 5.60. The number of ether oxygens (including phenoxy) is 1. The van der Waals surface area contributed by atoms with Gasteiger partial charge in [0, 0.05) is 36.9 Å². The molecule has 0 spiro atoms. The Morgan fingerprint density at radius 1 is 1.33 bits per heavy atom. The van der Waals surface area contributed by atoms with Crippen LogP contribution in [-0.2, 0) is 6.54 Å². The number of nitrogens with zero attached hydrogens (tertiary/aromatic N) is 3. The van der Waals surface area contributed by atoms with Crippen LogP contribution in [-0.4, -0.2) is 42.1 Å². The van der Waals surface area contributed by atoms with Crippen molar-refractivity contribution in [1.29, 1.82) is 0 Å². The van der Waals surface area contributed by atoms with Crippen molar-refractivity contribution in [2.45, 2.75) is 39.8 Å². The summed E-state index contributed by atoms with van der Waals surface area (Å²) in [5, 5.41) is 3.61. The molecule has 2 aromatic rings. The van der Waals surface area contributed by atoms with Gasteiger partial charge in [-0.25, -0.2) is 9.97 Å². The fourth-order valence-corrected chi connectivity index (χ4v) is 3.39. The highest BCUT2D eigenvalue weighted by Crippen LogP contribution is 2.24. The van der Waals surface area contributed by atoms with Gasteiger partial charge in [-0.05, 0) is 44.4 Å². The summed E-state index contributed by atoms with van der Waals surface area (Å²) in [6.07, 6.45) is 1.01. The highest BCUT2D eigenvalue weighted by molar-refractivity contribution is 5.89. The predicted molar refractivity (Wildman–Crippen MR) is 105 cm³/mol. The van der Waals surface area contributed by atoms with Gasteiger partial charge in [0.15, 0.2) is 0 Å². The van der Waals surface area contributed by atoms with E-state index in [1.807, 2.05) is 20.8 Å². The van der Waals surface area contributed by atoms with Crippen molar-refractivity contribution < 1.29 is 9.53 Å². The van der Waals surface area contributed by atoms with Crippen LogP contribution in [0.5, 0.6) is 5.75 Å². The average Bonchev–Trinajstić information content (AvgIpc) is 3.11. The van der Waals surface area contributed by atoms with Crippen LogP contribution in [0.2, 0.25) is 0 Å². The van der Waals surface area contributed by atoms with Crippen molar-refractivity contribution in [2.75, 3.05) is 25.1 Å². The normalized spacial score (nSPS) is 16.6. The Morgan fingerprint density at radius 2 is 2.11 bits per heavy atom. The Morgan fingerprint density at radius 3 is 2.81 bits per heavy atom. The van der Waals surface area contributed by atoms with E-state index < -0.39 is 5.91 Å². The first-order valence-corrected chi connectivity index (χ1v) is 9.16. The van der Waals surface area contributed by atoms with E-state index in [9.17, 15) is 4.79 Å². The molecule has 1 saturated heterocycles. The molecule has 0 aliphatic carbocycles. The number of hydrogen-bond acceptors (Lipinski definition) is 6. The fourth-order valence-electron chi connectivity index (χ4n) is 3.39. The molecule has 3 N–H and O–H groups in total. The molecule has 7 heteroatoms. The molecular formula is C20H27N5O2. The van der Waals surface area contributed by atoms with Gasteiger partial charge in [0.25, 0.3) is 5.91 Å². The van der Waals surface area contributed by atoms with Crippen molar-refractivity contribution in [1.82, 2.24) is 15.3 Å². The highest BCUT2D eigenvalue weighted by atomic mass is 16.5. The summed E-state index contributed by atoms with van der Waals surface area (Å²) in [6, 6.07) is 6.62. The molecule has 1 aromatic carbocycles. The van der Waals surface area contributed by atoms with E-state index in [-0.39, 0.29) is 5.82 Å². The molecule has 0 bridgehead atoms. The van der Waals surface area contributed by atoms with Gasteiger partial charge < -0.3 is 20.7 Å². The summed E-state index contributed by atoms with van der Waals surface area (Å²) < 4.78 is 5.40. The monoisotopic (exact) mass is 369 g/mol. The van der Waals surface area contributed by atoms with Crippen LogP contribution in [0, 0.1) is 20.8 Å². The molecule has 2 heterocycles. The van der Waals surface area contributed by atoms with E-state index in [0.717, 1.165) is 54.4 Å². The summed E-state index contributed by atoms with van der Waals surface area (Å²) >= 11 is 0. The van der Waals surface area contributed by atoms with E-state index in [0.29, 0.717) is 6.04 Å². The molecule has 0 saturated carbocycles. The zero-order valence-electron chi connectivity index (χ0n) is 16.4. The topological polar surface area (TPSA) is 93.4 Å². The number of anilines is 1. The first-order chi connectivity index (χ1) is 12.9. The molecule has 27 heavy (non-hydrogen) atoms. The van der Waals surface area contributed by atoms with Crippen molar-refractivity contribution >= 4 is 11.7 Å². The molecule has 3 rings (SSSR count). The quantitative estimate of drug-likeness (QED) is 0.807. The molecule has 1 aromatic heterocycles. The van der Waals surface area contributed by atoms with Crippen LogP contribution in [0.4, 0.5) is 5.82 Å². The van der Waals surface area contributed by atoms with Crippen LogP contribution in [0.1, 0.15) is 39.4 Å². The number of nitrogens with two attached hydrogens (primary N) is 1. The van der Waals surface area contributed by atoms with Crippen molar-refractivity contribution in [3.8, 4) is 5.75 Å². The van der Waals surface area contributed by atoms with Gasteiger partial charge in [-0.1, -0.05) is 12.1 Å². The van der Waals surface area contributed by atoms with Crippen LogP contribution in [0.25, 0.3) is 0 Å². The highest BCUT2D eigenvalue weighted by Gasteiger charge is 2.26. The lowest BCUT2D eigenvalue weighted by Crippen LogP contribution is -2.33. The maximum absolute atomic E-state index is 11.5. The number of methoxy groups -OCH3 is 1. The first kappa shape index (κ1) is 19.1. The van der Waals surface area contributed by atoms with Crippen molar-refractivity contribution in [3.05, 3.63) is 46.4 Å². The van der Waals surface area contributed by atoms with Crippen molar-refractivity contribution in [2.24, 2.45) is 5.73 Å². The third-order valence-electron chi connectivity index (χ3n) is 5.14. The summed E-state index contributed by atoms with van der Waals surface area (Å²) in [6.45, 7) is 8.39. The number of hydrogen-bond donors (Lipinski definition) is 2. The second-order valence-electron chi connectivity index (χ2n) is 7.06. The van der Waals surface area contributed by atoms with E-state index >= 15 is 0 Å². The van der Waals surface area contributed by atoms with E-state index in [2.05, 4.69) is 38.4 Å². The van der Waals surface area contributed by atoms with Gasteiger partial charge in [-0.15, -0.1) is 0 Å². The van der Waals surface area contributed by atoms with Gasteiger partial charge in [-0.3, -0.25) is 4.79 Å². The van der Waals surface area contributed by atoms with Crippen molar-refractivity contribution in [3.63, 3.8) is 0 Å². The lowest BCUT2D eigenvalue weighted by Gasteiger charge is -2.21. The molecule has 1 atom stereocenters. The molecule has 0 unspecified atom stereocenters. The van der Waals surface area contributed by atoms with E-state index in [1.165, 1.54) is 5.56 Å². The van der Waals surface area contributed by atoms with Crippen LogP contribution >= 0.6 is 0 Å². The number of amides is 1. The number of primary amides is 1. The smallest absolute Gasteiger partial charge is 0.286 e. The summed E-state index contributed by atoms with van der Waals surface area (Å²) in [7, 11) is 1.70. The standard InChI is InChI=1S/C20H27N5O2/c1-12-5-6-15(9-17(12)27-4)10-22-16-7-8-25(11-16)20-13(2)14(3)23-19(24-20)18(21)26/h5-6,9,16,22H,7-8,10-11H2,1-4H3,(H2,21,26)/t16-/m1/s1. The molecule has 144 valence electrons. The molecular weight excluding hydrogens is 342 g/mol. The van der Waals surface area contributed by atoms with Gasteiger partial charge in [0.1, 0.15) is 11.6 Å². The summed E-state index contributed by atoms with van der Waals surface area (Å²) in [5.74, 6) is 1.20.